The summed E-state index contributed by atoms with van der Waals surface area (Å²) >= 11 is 3.21. The SMILES string of the molecule is Cc1cc(CNO)cc(Br)c1O. The van der Waals surface area contributed by atoms with Crippen LogP contribution in [0.2, 0.25) is 0 Å². The van der Waals surface area contributed by atoms with Crippen LogP contribution in [0.4, 0.5) is 0 Å². The van der Waals surface area contributed by atoms with Crippen LogP contribution in [0.3, 0.4) is 0 Å². The van der Waals surface area contributed by atoms with Crippen molar-refractivity contribution in [2.75, 3.05) is 0 Å². The average Bonchev–Trinajstić information content (AvgIpc) is 2.01. The smallest absolute Gasteiger partial charge is 0.132 e. The topological polar surface area (TPSA) is 52.5 Å². The van der Waals surface area contributed by atoms with Gasteiger partial charge in [0.05, 0.1) is 4.47 Å². The van der Waals surface area contributed by atoms with E-state index in [9.17, 15) is 5.11 Å². The zero-order valence-electron chi connectivity index (χ0n) is 6.63. The number of hydroxylamine groups is 1. The summed E-state index contributed by atoms with van der Waals surface area (Å²) in [6.07, 6.45) is 0. The Labute approximate surface area is 79.1 Å². The number of phenols is 1. The number of aromatic hydroxyl groups is 1. The summed E-state index contributed by atoms with van der Waals surface area (Å²) in [5.41, 5.74) is 3.76. The van der Waals surface area contributed by atoms with E-state index in [0.717, 1.165) is 11.1 Å². The Kier molecular flexibility index (Phi) is 3.08. The number of benzene rings is 1. The van der Waals surface area contributed by atoms with Crippen molar-refractivity contribution in [3.63, 3.8) is 0 Å². The molecular weight excluding hydrogens is 222 g/mol. The van der Waals surface area contributed by atoms with Crippen molar-refractivity contribution < 1.29 is 10.3 Å². The van der Waals surface area contributed by atoms with Crippen molar-refractivity contribution in [2.24, 2.45) is 0 Å². The molecule has 0 bridgehead atoms. The van der Waals surface area contributed by atoms with Gasteiger partial charge in [-0.25, -0.2) is 5.48 Å². The lowest BCUT2D eigenvalue weighted by Gasteiger charge is -2.05. The van der Waals surface area contributed by atoms with Crippen molar-refractivity contribution >= 4 is 15.9 Å². The van der Waals surface area contributed by atoms with Gasteiger partial charge in [-0.2, -0.15) is 0 Å². The summed E-state index contributed by atoms with van der Waals surface area (Å²) < 4.78 is 0.646. The number of phenolic OH excluding ortho intramolecular Hbond substituents is 1. The molecule has 0 heterocycles. The monoisotopic (exact) mass is 231 g/mol. The highest BCUT2D eigenvalue weighted by Crippen LogP contribution is 2.28. The van der Waals surface area contributed by atoms with Crippen molar-refractivity contribution in [3.8, 4) is 5.75 Å². The van der Waals surface area contributed by atoms with Crippen LogP contribution in [0.1, 0.15) is 11.1 Å². The number of aryl methyl sites for hydroxylation is 1. The van der Waals surface area contributed by atoms with E-state index in [1.54, 1.807) is 13.0 Å². The summed E-state index contributed by atoms with van der Waals surface area (Å²) in [4.78, 5) is 0. The van der Waals surface area contributed by atoms with E-state index in [1.165, 1.54) is 0 Å². The number of nitrogens with one attached hydrogen (secondary N) is 1. The van der Waals surface area contributed by atoms with Crippen LogP contribution in [-0.2, 0) is 6.54 Å². The Morgan fingerprint density at radius 3 is 2.67 bits per heavy atom. The van der Waals surface area contributed by atoms with Crippen LogP contribution in [0.25, 0.3) is 0 Å². The van der Waals surface area contributed by atoms with Gasteiger partial charge in [-0.3, -0.25) is 0 Å². The molecule has 1 aromatic carbocycles. The first kappa shape index (κ1) is 9.51. The first-order chi connectivity index (χ1) is 5.65. The molecule has 0 aliphatic heterocycles. The molecule has 0 saturated carbocycles. The highest BCUT2D eigenvalue weighted by atomic mass is 79.9. The molecule has 0 fully saturated rings. The van der Waals surface area contributed by atoms with Crippen LogP contribution in [-0.4, -0.2) is 10.3 Å². The molecule has 0 atom stereocenters. The molecule has 4 heteroatoms. The van der Waals surface area contributed by atoms with Crippen molar-refractivity contribution in [1.82, 2.24) is 5.48 Å². The maximum absolute atomic E-state index is 9.37. The summed E-state index contributed by atoms with van der Waals surface area (Å²) in [6.45, 7) is 2.18. The van der Waals surface area contributed by atoms with E-state index in [0.29, 0.717) is 11.0 Å². The van der Waals surface area contributed by atoms with Gasteiger partial charge in [-0.05, 0) is 40.0 Å². The Hall–Kier alpha value is -0.580. The van der Waals surface area contributed by atoms with E-state index >= 15 is 0 Å². The largest absolute Gasteiger partial charge is 0.506 e. The first-order valence-corrected chi connectivity index (χ1v) is 4.29. The second kappa shape index (κ2) is 3.89. The molecule has 0 saturated heterocycles. The van der Waals surface area contributed by atoms with E-state index in [1.807, 2.05) is 6.07 Å². The predicted molar refractivity (Wildman–Crippen MR) is 49.2 cm³/mol. The highest BCUT2D eigenvalue weighted by molar-refractivity contribution is 9.10. The van der Waals surface area contributed by atoms with E-state index in [-0.39, 0.29) is 5.75 Å². The first-order valence-electron chi connectivity index (χ1n) is 3.50. The molecule has 3 nitrogen and oxygen atoms in total. The Morgan fingerprint density at radius 1 is 1.50 bits per heavy atom. The van der Waals surface area contributed by atoms with Gasteiger partial charge >= 0.3 is 0 Å². The van der Waals surface area contributed by atoms with E-state index < -0.39 is 0 Å². The number of halogens is 1. The van der Waals surface area contributed by atoms with Gasteiger partial charge in [0.25, 0.3) is 0 Å². The molecule has 0 aliphatic carbocycles. The van der Waals surface area contributed by atoms with Gasteiger partial charge in [0.15, 0.2) is 0 Å². The minimum absolute atomic E-state index is 0.247. The van der Waals surface area contributed by atoms with Gasteiger partial charge in [0, 0.05) is 6.54 Å². The molecule has 66 valence electrons. The van der Waals surface area contributed by atoms with Crippen LogP contribution >= 0.6 is 15.9 Å². The quantitative estimate of drug-likeness (QED) is 0.683. The molecule has 0 aromatic heterocycles. The molecule has 1 aromatic rings. The third kappa shape index (κ3) is 1.97. The second-order valence-corrected chi connectivity index (χ2v) is 3.43. The van der Waals surface area contributed by atoms with Gasteiger partial charge in [-0.1, -0.05) is 6.07 Å². The lowest BCUT2D eigenvalue weighted by molar-refractivity contribution is 0.161. The fourth-order valence-electron chi connectivity index (χ4n) is 1.00. The van der Waals surface area contributed by atoms with E-state index in [4.69, 9.17) is 5.21 Å². The van der Waals surface area contributed by atoms with Crippen LogP contribution in [0, 0.1) is 6.92 Å². The molecule has 0 amide bonds. The summed E-state index contributed by atoms with van der Waals surface area (Å²) in [5.74, 6) is 0.247. The summed E-state index contributed by atoms with van der Waals surface area (Å²) in [6, 6.07) is 3.56. The van der Waals surface area contributed by atoms with Crippen LogP contribution < -0.4 is 5.48 Å². The molecule has 0 unspecified atom stereocenters. The number of hydrogen-bond donors (Lipinski definition) is 3. The van der Waals surface area contributed by atoms with Crippen molar-refractivity contribution in [3.05, 3.63) is 27.7 Å². The Bertz CT molecular complexity index is 265. The molecular formula is C8H10BrNO2. The number of hydrogen-bond acceptors (Lipinski definition) is 3. The average molecular weight is 232 g/mol. The fraction of sp³-hybridized carbons (Fsp3) is 0.250. The molecule has 3 N–H and O–H groups in total. The summed E-state index contributed by atoms with van der Waals surface area (Å²) in [5, 5.41) is 17.8. The lowest BCUT2D eigenvalue weighted by atomic mass is 10.1. The van der Waals surface area contributed by atoms with Crippen LogP contribution in [0.5, 0.6) is 5.75 Å². The summed E-state index contributed by atoms with van der Waals surface area (Å²) in [7, 11) is 0. The third-order valence-electron chi connectivity index (χ3n) is 1.60. The minimum Gasteiger partial charge on any atom is -0.506 e. The van der Waals surface area contributed by atoms with Gasteiger partial charge in [-0.15, -0.1) is 0 Å². The third-order valence-corrected chi connectivity index (χ3v) is 2.20. The highest BCUT2D eigenvalue weighted by Gasteiger charge is 2.03. The second-order valence-electron chi connectivity index (χ2n) is 2.58. The molecule has 12 heavy (non-hydrogen) atoms. The van der Waals surface area contributed by atoms with Crippen molar-refractivity contribution in [2.45, 2.75) is 13.5 Å². The predicted octanol–water partition coefficient (Wildman–Crippen LogP) is 1.94. The van der Waals surface area contributed by atoms with Gasteiger partial charge in [0.1, 0.15) is 5.75 Å². The maximum Gasteiger partial charge on any atom is 0.132 e. The molecule has 0 aliphatic rings. The van der Waals surface area contributed by atoms with Gasteiger partial charge < -0.3 is 10.3 Å². The van der Waals surface area contributed by atoms with Crippen molar-refractivity contribution in [1.29, 1.82) is 0 Å². The van der Waals surface area contributed by atoms with E-state index in [2.05, 4.69) is 21.4 Å². The Morgan fingerprint density at radius 2 is 2.17 bits per heavy atom. The maximum atomic E-state index is 9.37. The lowest BCUT2D eigenvalue weighted by Crippen LogP contribution is -2.06. The number of rotatable bonds is 2. The molecule has 1 rings (SSSR count). The molecule has 0 spiro atoms. The van der Waals surface area contributed by atoms with Gasteiger partial charge in [0.2, 0.25) is 0 Å². The standard InChI is InChI=1S/C8H10BrNO2/c1-5-2-6(4-10-12)3-7(9)8(5)11/h2-3,10-12H,4H2,1H3. The molecule has 0 radical (unpaired) electrons. The fourth-order valence-corrected chi connectivity index (χ4v) is 1.61. The zero-order valence-corrected chi connectivity index (χ0v) is 8.22. The minimum atomic E-state index is 0.247. The zero-order chi connectivity index (χ0) is 9.14. The Balaban J connectivity index is 3.04. The normalized spacial score (nSPS) is 10.2. The van der Waals surface area contributed by atoms with Crippen LogP contribution in [0.15, 0.2) is 16.6 Å².